The van der Waals surface area contributed by atoms with E-state index in [-0.39, 0.29) is 37.2 Å². The van der Waals surface area contributed by atoms with Crippen LogP contribution in [-0.4, -0.2) is 64.7 Å². The van der Waals surface area contributed by atoms with Crippen LogP contribution in [0.15, 0.2) is 48.5 Å². The highest BCUT2D eigenvalue weighted by Gasteiger charge is 2.29. The molecule has 0 unspecified atom stereocenters. The van der Waals surface area contributed by atoms with Crippen molar-refractivity contribution in [3.05, 3.63) is 54.1 Å². The van der Waals surface area contributed by atoms with Crippen molar-refractivity contribution in [3.8, 4) is 11.5 Å². The second kappa shape index (κ2) is 14.6. The first kappa shape index (κ1) is 31.0. The Hall–Kier alpha value is -3.27. The van der Waals surface area contributed by atoms with Gasteiger partial charge in [-0.05, 0) is 60.7 Å². The van der Waals surface area contributed by atoms with E-state index in [2.05, 4.69) is 5.32 Å². The van der Waals surface area contributed by atoms with Crippen LogP contribution in [0.3, 0.4) is 0 Å². The summed E-state index contributed by atoms with van der Waals surface area (Å²) in [7, 11) is -0.442. The molecule has 0 radical (unpaired) electrons. The van der Waals surface area contributed by atoms with Gasteiger partial charge in [0, 0.05) is 26.1 Å². The standard InChI is InChI=1S/C28H41N3O6S/c1-7-26(28(33)29-19-21(2)3)30(20-22-10-14-24(36-4)15-11-22)27(32)9-8-18-31(38(6,34)35)23-12-16-25(37-5)17-13-23/h10-17,21,26H,7-9,18-20H2,1-6H3,(H,29,33)/t26-/m0/s1. The summed E-state index contributed by atoms with van der Waals surface area (Å²) in [5, 5.41) is 2.95. The number of rotatable bonds is 15. The quantitative estimate of drug-likeness (QED) is 0.363. The zero-order valence-corrected chi connectivity index (χ0v) is 24.1. The second-order valence-corrected chi connectivity index (χ2v) is 11.5. The first-order valence-electron chi connectivity index (χ1n) is 12.8. The SMILES string of the molecule is CC[C@@H](C(=O)NCC(C)C)N(Cc1ccc(OC)cc1)C(=O)CCCN(c1ccc(OC)cc1)S(C)(=O)=O. The number of nitrogens with zero attached hydrogens (tertiary/aromatic N) is 2. The molecule has 0 aliphatic rings. The Balaban J connectivity index is 2.21. The molecule has 10 heteroatoms. The molecule has 1 N–H and O–H groups in total. The Morgan fingerprint density at radius 1 is 0.947 bits per heavy atom. The number of benzene rings is 2. The van der Waals surface area contributed by atoms with Crippen LogP contribution >= 0.6 is 0 Å². The van der Waals surface area contributed by atoms with Gasteiger partial charge in [-0.3, -0.25) is 13.9 Å². The fourth-order valence-corrected chi connectivity index (χ4v) is 4.99. The maximum Gasteiger partial charge on any atom is 0.242 e. The predicted octanol–water partition coefficient (Wildman–Crippen LogP) is 3.83. The highest BCUT2D eigenvalue weighted by Crippen LogP contribution is 2.23. The summed E-state index contributed by atoms with van der Waals surface area (Å²) in [5.74, 6) is 1.19. The van der Waals surface area contributed by atoms with Crippen LogP contribution in [-0.2, 0) is 26.2 Å². The van der Waals surface area contributed by atoms with Crippen LogP contribution in [0.4, 0.5) is 5.69 Å². The predicted molar refractivity (Wildman–Crippen MR) is 150 cm³/mol. The number of nitrogens with one attached hydrogen (secondary N) is 1. The van der Waals surface area contributed by atoms with E-state index in [1.807, 2.05) is 45.0 Å². The third-order valence-corrected chi connectivity index (χ3v) is 7.29. The molecule has 0 bridgehead atoms. The van der Waals surface area contributed by atoms with Crippen molar-refractivity contribution in [3.63, 3.8) is 0 Å². The summed E-state index contributed by atoms with van der Waals surface area (Å²) < 4.78 is 36.7. The summed E-state index contributed by atoms with van der Waals surface area (Å²) in [6.07, 6.45) is 1.97. The van der Waals surface area contributed by atoms with Crippen molar-refractivity contribution in [2.24, 2.45) is 5.92 Å². The van der Waals surface area contributed by atoms with Gasteiger partial charge in [0.2, 0.25) is 21.8 Å². The zero-order valence-electron chi connectivity index (χ0n) is 23.3. The van der Waals surface area contributed by atoms with Crippen LogP contribution in [0.1, 0.15) is 45.6 Å². The molecular weight excluding hydrogens is 506 g/mol. The molecule has 2 aromatic rings. The molecule has 210 valence electrons. The lowest BCUT2D eigenvalue weighted by atomic mass is 10.1. The van der Waals surface area contributed by atoms with Gasteiger partial charge in [-0.25, -0.2) is 8.42 Å². The third-order valence-electron chi connectivity index (χ3n) is 6.10. The Morgan fingerprint density at radius 2 is 1.50 bits per heavy atom. The molecule has 0 spiro atoms. The van der Waals surface area contributed by atoms with Gasteiger partial charge in [0.1, 0.15) is 17.5 Å². The van der Waals surface area contributed by atoms with E-state index < -0.39 is 16.1 Å². The number of amides is 2. The number of carbonyl (C=O) groups excluding carboxylic acids is 2. The second-order valence-electron chi connectivity index (χ2n) is 9.57. The normalized spacial score (nSPS) is 12.1. The fraction of sp³-hybridized carbons (Fsp3) is 0.500. The van der Waals surface area contributed by atoms with E-state index in [1.165, 1.54) is 4.31 Å². The number of anilines is 1. The number of carbonyl (C=O) groups is 2. The van der Waals surface area contributed by atoms with Gasteiger partial charge in [-0.1, -0.05) is 32.9 Å². The first-order chi connectivity index (χ1) is 18.0. The molecule has 2 rings (SSSR count). The summed E-state index contributed by atoms with van der Waals surface area (Å²) in [4.78, 5) is 28.1. The summed E-state index contributed by atoms with van der Waals surface area (Å²) >= 11 is 0. The molecule has 0 aliphatic heterocycles. The van der Waals surface area contributed by atoms with Crippen LogP contribution in [0.25, 0.3) is 0 Å². The number of ether oxygens (including phenoxy) is 2. The number of sulfonamides is 1. The lowest BCUT2D eigenvalue weighted by Crippen LogP contribution is -2.49. The number of hydrogen-bond acceptors (Lipinski definition) is 6. The number of methoxy groups -OCH3 is 2. The largest absolute Gasteiger partial charge is 0.497 e. The lowest BCUT2D eigenvalue weighted by molar-refractivity contribution is -0.141. The minimum atomic E-state index is -3.57. The van der Waals surface area contributed by atoms with Crippen molar-refractivity contribution in [1.82, 2.24) is 10.2 Å². The first-order valence-corrected chi connectivity index (χ1v) is 14.7. The van der Waals surface area contributed by atoms with Crippen molar-refractivity contribution in [1.29, 1.82) is 0 Å². The maximum absolute atomic E-state index is 13.5. The van der Waals surface area contributed by atoms with E-state index >= 15 is 0 Å². The van der Waals surface area contributed by atoms with Crippen molar-refractivity contribution in [2.75, 3.05) is 37.9 Å². The number of hydrogen-bond donors (Lipinski definition) is 1. The smallest absolute Gasteiger partial charge is 0.242 e. The minimum Gasteiger partial charge on any atom is -0.497 e. The van der Waals surface area contributed by atoms with E-state index in [1.54, 1.807) is 43.4 Å². The molecule has 0 aliphatic carbocycles. The summed E-state index contributed by atoms with van der Waals surface area (Å²) in [5.41, 5.74) is 1.36. The van der Waals surface area contributed by atoms with Crippen LogP contribution in [0.5, 0.6) is 11.5 Å². The molecule has 38 heavy (non-hydrogen) atoms. The molecule has 0 heterocycles. The molecule has 0 saturated heterocycles. The highest BCUT2D eigenvalue weighted by molar-refractivity contribution is 7.92. The summed E-state index contributed by atoms with van der Waals surface area (Å²) in [6, 6.07) is 13.4. The Kier molecular flexibility index (Phi) is 11.9. The van der Waals surface area contributed by atoms with E-state index in [0.29, 0.717) is 36.6 Å². The van der Waals surface area contributed by atoms with Crippen LogP contribution < -0.4 is 19.1 Å². The lowest BCUT2D eigenvalue weighted by Gasteiger charge is -2.31. The Bertz CT molecular complexity index is 1130. The van der Waals surface area contributed by atoms with Crippen LogP contribution in [0, 0.1) is 5.92 Å². The minimum absolute atomic E-state index is 0.0896. The molecule has 0 aromatic heterocycles. The van der Waals surface area contributed by atoms with Gasteiger partial charge in [-0.2, -0.15) is 0 Å². The van der Waals surface area contributed by atoms with Gasteiger partial charge >= 0.3 is 0 Å². The topological polar surface area (TPSA) is 105 Å². The zero-order chi connectivity index (χ0) is 28.3. The van der Waals surface area contributed by atoms with Gasteiger partial charge < -0.3 is 19.7 Å². The molecule has 2 aromatic carbocycles. The van der Waals surface area contributed by atoms with Crippen LogP contribution in [0.2, 0.25) is 0 Å². The van der Waals surface area contributed by atoms with E-state index in [0.717, 1.165) is 11.8 Å². The van der Waals surface area contributed by atoms with Gasteiger partial charge in [0.25, 0.3) is 0 Å². The third kappa shape index (κ3) is 9.24. The van der Waals surface area contributed by atoms with Gasteiger partial charge in [-0.15, -0.1) is 0 Å². The molecular formula is C28H41N3O6S. The average Bonchev–Trinajstić information content (AvgIpc) is 2.89. The van der Waals surface area contributed by atoms with E-state index in [9.17, 15) is 18.0 Å². The average molecular weight is 548 g/mol. The fourth-order valence-electron chi connectivity index (χ4n) is 4.02. The highest BCUT2D eigenvalue weighted by atomic mass is 32.2. The van der Waals surface area contributed by atoms with E-state index in [4.69, 9.17) is 9.47 Å². The molecule has 9 nitrogen and oxygen atoms in total. The monoisotopic (exact) mass is 547 g/mol. The van der Waals surface area contributed by atoms with Crippen molar-refractivity contribution < 1.29 is 27.5 Å². The Morgan fingerprint density at radius 3 is 1.97 bits per heavy atom. The van der Waals surface area contributed by atoms with Crippen molar-refractivity contribution >= 4 is 27.5 Å². The molecule has 1 atom stereocenters. The Labute approximate surface area is 227 Å². The van der Waals surface area contributed by atoms with Gasteiger partial charge in [0.15, 0.2) is 0 Å². The van der Waals surface area contributed by atoms with Crippen molar-refractivity contribution in [2.45, 2.75) is 52.6 Å². The molecule has 0 saturated carbocycles. The molecule has 0 fully saturated rings. The summed E-state index contributed by atoms with van der Waals surface area (Å²) in [6.45, 7) is 6.80. The molecule has 2 amide bonds. The van der Waals surface area contributed by atoms with Gasteiger partial charge in [0.05, 0.1) is 26.2 Å². The maximum atomic E-state index is 13.5.